The van der Waals surface area contributed by atoms with Crippen LogP contribution in [-0.2, 0) is 11.3 Å². The summed E-state index contributed by atoms with van der Waals surface area (Å²) in [4.78, 5) is 38.5. The molecule has 0 fully saturated rings. The first-order valence-corrected chi connectivity index (χ1v) is 6.17. The van der Waals surface area contributed by atoms with Crippen LogP contribution in [0.5, 0.6) is 0 Å². The molecule has 0 aromatic carbocycles. The normalized spacial score (nSPS) is 10.6. The van der Waals surface area contributed by atoms with Gasteiger partial charge in [-0.15, -0.1) is 0 Å². The van der Waals surface area contributed by atoms with Gasteiger partial charge >= 0.3 is 6.03 Å². The highest BCUT2D eigenvalue weighted by molar-refractivity contribution is 7.12. The van der Waals surface area contributed by atoms with Gasteiger partial charge in [0.25, 0.3) is 5.56 Å². The van der Waals surface area contributed by atoms with Crippen LogP contribution in [0.2, 0.25) is 0 Å². The number of imide groups is 1. The molecule has 0 saturated carbocycles. The highest BCUT2D eigenvalue weighted by atomic mass is 32.1. The van der Waals surface area contributed by atoms with Gasteiger partial charge in [-0.1, -0.05) is 0 Å². The summed E-state index contributed by atoms with van der Waals surface area (Å²) in [6.07, 6.45) is 1.33. The summed E-state index contributed by atoms with van der Waals surface area (Å²) < 4.78 is 5.37. The number of hydrogen-bond donors (Lipinski definition) is 2. The van der Waals surface area contributed by atoms with Crippen LogP contribution >= 0.6 is 11.5 Å². The van der Waals surface area contributed by atoms with Crippen molar-refractivity contribution in [3.8, 4) is 0 Å². The molecule has 0 unspecified atom stereocenters. The van der Waals surface area contributed by atoms with Gasteiger partial charge in [0.1, 0.15) is 0 Å². The number of aryl methyl sites for hydroxylation is 2. The van der Waals surface area contributed by atoms with Gasteiger partial charge in [-0.05, 0) is 18.5 Å². The van der Waals surface area contributed by atoms with Gasteiger partial charge in [0, 0.05) is 13.0 Å². The molecule has 0 aliphatic heterocycles. The van der Waals surface area contributed by atoms with Crippen molar-refractivity contribution in [1.82, 2.24) is 19.2 Å². The number of rotatable bonds is 3. The zero-order chi connectivity index (χ0) is 14.0. The number of carbonyl (C=O) groups is 2. The lowest BCUT2D eigenvalue weighted by Crippen LogP contribution is -2.36. The standard InChI is InChI=1S/C10H11N5O3S/c1-5-7-8(19-14-5)12-4-15(9(7)17)3-2-6(16)13-10(11)18/h4H,2-3H2,1H3,(H3,11,13,16,18). The van der Waals surface area contributed by atoms with Crippen LogP contribution in [0, 0.1) is 6.92 Å². The fraction of sp³-hybridized carbons (Fsp3) is 0.300. The summed E-state index contributed by atoms with van der Waals surface area (Å²) in [5.41, 5.74) is 5.19. The minimum Gasteiger partial charge on any atom is -0.351 e. The second-order valence-electron chi connectivity index (χ2n) is 3.85. The molecule has 2 heterocycles. The lowest BCUT2D eigenvalue weighted by atomic mass is 10.3. The molecule has 0 aliphatic carbocycles. The Morgan fingerprint density at radius 1 is 1.53 bits per heavy atom. The summed E-state index contributed by atoms with van der Waals surface area (Å²) in [6.45, 7) is 1.85. The molecular weight excluding hydrogens is 270 g/mol. The second-order valence-corrected chi connectivity index (χ2v) is 4.61. The van der Waals surface area contributed by atoms with E-state index in [1.54, 1.807) is 6.92 Å². The van der Waals surface area contributed by atoms with Gasteiger partial charge in [-0.3, -0.25) is 19.5 Å². The maximum atomic E-state index is 12.1. The number of fused-ring (bicyclic) bond motifs is 1. The highest BCUT2D eigenvalue weighted by Crippen LogP contribution is 2.15. The Labute approximate surface area is 111 Å². The third-order valence-electron chi connectivity index (χ3n) is 2.48. The topological polar surface area (TPSA) is 120 Å². The van der Waals surface area contributed by atoms with E-state index in [9.17, 15) is 14.4 Å². The maximum Gasteiger partial charge on any atom is 0.318 e. The van der Waals surface area contributed by atoms with E-state index in [0.717, 1.165) is 11.5 Å². The zero-order valence-electron chi connectivity index (χ0n) is 10.0. The van der Waals surface area contributed by atoms with E-state index in [-0.39, 0.29) is 18.5 Å². The molecule has 0 bridgehead atoms. The highest BCUT2D eigenvalue weighted by Gasteiger charge is 2.11. The van der Waals surface area contributed by atoms with Gasteiger partial charge < -0.3 is 5.73 Å². The number of carbonyl (C=O) groups excluding carboxylic acids is 2. The molecule has 2 aromatic heterocycles. The van der Waals surface area contributed by atoms with E-state index in [2.05, 4.69) is 9.36 Å². The average molecular weight is 281 g/mol. The molecule has 0 radical (unpaired) electrons. The fourth-order valence-electron chi connectivity index (χ4n) is 1.59. The molecule has 8 nitrogen and oxygen atoms in total. The first kappa shape index (κ1) is 13.1. The molecule has 2 aromatic rings. The second kappa shape index (κ2) is 5.14. The third-order valence-corrected chi connectivity index (χ3v) is 3.32. The van der Waals surface area contributed by atoms with Gasteiger partial charge in [0.15, 0.2) is 4.83 Å². The van der Waals surface area contributed by atoms with Crippen LogP contribution in [0.25, 0.3) is 10.2 Å². The van der Waals surface area contributed by atoms with Gasteiger partial charge in [0.05, 0.1) is 17.4 Å². The summed E-state index contributed by atoms with van der Waals surface area (Å²) in [5.74, 6) is -0.542. The summed E-state index contributed by atoms with van der Waals surface area (Å²) in [6, 6.07) is -0.913. The van der Waals surface area contributed by atoms with Crippen molar-refractivity contribution in [1.29, 1.82) is 0 Å². The summed E-state index contributed by atoms with van der Waals surface area (Å²) in [7, 11) is 0. The average Bonchev–Trinajstić information content (AvgIpc) is 2.70. The Balaban J connectivity index is 2.20. The van der Waals surface area contributed by atoms with Crippen LogP contribution in [0.4, 0.5) is 4.79 Å². The largest absolute Gasteiger partial charge is 0.351 e. The van der Waals surface area contributed by atoms with E-state index in [0.29, 0.717) is 15.9 Å². The predicted molar refractivity (Wildman–Crippen MR) is 68.8 cm³/mol. The van der Waals surface area contributed by atoms with Crippen LogP contribution < -0.4 is 16.6 Å². The molecule has 0 spiro atoms. The van der Waals surface area contributed by atoms with E-state index in [1.165, 1.54) is 10.9 Å². The molecule has 3 amide bonds. The molecule has 19 heavy (non-hydrogen) atoms. The molecule has 9 heteroatoms. The molecule has 3 N–H and O–H groups in total. The Morgan fingerprint density at radius 2 is 2.26 bits per heavy atom. The van der Waals surface area contributed by atoms with Crippen molar-refractivity contribution in [2.75, 3.05) is 0 Å². The zero-order valence-corrected chi connectivity index (χ0v) is 10.9. The molecule has 2 rings (SSSR count). The number of urea groups is 1. The van der Waals surface area contributed by atoms with Crippen molar-refractivity contribution in [3.05, 3.63) is 22.4 Å². The van der Waals surface area contributed by atoms with Crippen LogP contribution in [0.3, 0.4) is 0 Å². The van der Waals surface area contributed by atoms with E-state index < -0.39 is 11.9 Å². The van der Waals surface area contributed by atoms with E-state index >= 15 is 0 Å². The first-order chi connectivity index (χ1) is 8.99. The minimum absolute atomic E-state index is 0.0351. The van der Waals surface area contributed by atoms with Crippen molar-refractivity contribution in [3.63, 3.8) is 0 Å². The number of primary amides is 1. The third kappa shape index (κ3) is 2.76. The number of amides is 3. The Kier molecular flexibility index (Phi) is 3.56. The SMILES string of the molecule is Cc1nsc2ncn(CCC(=O)NC(N)=O)c(=O)c12. The number of nitrogens with two attached hydrogens (primary N) is 1. The molecule has 0 saturated heterocycles. The van der Waals surface area contributed by atoms with Crippen molar-refractivity contribution < 1.29 is 9.59 Å². The van der Waals surface area contributed by atoms with E-state index in [1.807, 2.05) is 5.32 Å². The molecule has 0 atom stereocenters. The van der Waals surface area contributed by atoms with E-state index in [4.69, 9.17) is 5.73 Å². The minimum atomic E-state index is -0.913. The monoisotopic (exact) mass is 281 g/mol. The Morgan fingerprint density at radius 3 is 2.95 bits per heavy atom. The van der Waals surface area contributed by atoms with Crippen molar-refractivity contribution >= 4 is 33.7 Å². The quantitative estimate of drug-likeness (QED) is 0.803. The van der Waals surface area contributed by atoms with Gasteiger partial charge in [0.2, 0.25) is 5.91 Å². The predicted octanol–water partition coefficient (Wildman–Crippen LogP) is -0.254. The van der Waals surface area contributed by atoms with Crippen molar-refractivity contribution in [2.24, 2.45) is 5.73 Å². The molecule has 0 aliphatic rings. The van der Waals surface area contributed by atoms with Crippen molar-refractivity contribution in [2.45, 2.75) is 19.9 Å². The lowest BCUT2D eigenvalue weighted by Gasteiger charge is -2.04. The number of nitrogens with zero attached hydrogens (tertiary/aromatic N) is 3. The Hall–Kier alpha value is -2.29. The van der Waals surface area contributed by atoms with Crippen LogP contribution in [-0.4, -0.2) is 25.9 Å². The van der Waals surface area contributed by atoms with Crippen LogP contribution in [0.15, 0.2) is 11.1 Å². The summed E-state index contributed by atoms with van der Waals surface area (Å²) in [5, 5.41) is 2.39. The first-order valence-electron chi connectivity index (χ1n) is 5.39. The van der Waals surface area contributed by atoms with Gasteiger partial charge in [-0.25, -0.2) is 9.78 Å². The maximum absolute atomic E-state index is 12.1. The van der Waals surface area contributed by atoms with Gasteiger partial charge in [-0.2, -0.15) is 4.37 Å². The number of aromatic nitrogens is 3. The van der Waals surface area contributed by atoms with Crippen LogP contribution in [0.1, 0.15) is 12.1 Å². The smallest absolute Gasteiger partial charge is 0.318 e. The Bertz CT molecular complexity index is 705. The number of nitrogens with one attached hydrogen (secondary N) is 1. The fourth-order valence-corrected chi connectivity index (χ4v) is 2.33. The number of hydrogen-bond acceptors (Lipinski definition) is 6. The molecular formula is C10H11N5O3S. The summed E-state index contributed by atoms with van der Waals surface area (Å²) >= 11 is 1.15. The molecule has 100 valence electrons. The lowest BCUT2D eigenvalue weighted by molar-refractivity contribution is -0.120.